The number of aromatic amines is 1. The second kappa shape index (κ2) is 6.38. The highest BCUT2D eigenvalue weighted by Gasteiger charge is 2.23. The number of aromatic nitrogens is 2. The first-order valence-corrected chi connectivity index (χ1v) is 8.19. The lowest BCUT2D eigenvalue weighted by molar-refractivity contribution is 0.277. The van der Waals surface area contributed by atoms with Crippen LogP contribution in [-0.2, 0) is 29.6 Å². The van der Waals surface area contributed by atoms with E-state index in [4.69, 9.17) is 0 Å². The second-order valence-corrected chi connectivity index (χ2v) is 6.42. The largest absolute Gasteiger partial charge is 0.392 e. The van der Waals surface area contributed by atoms with Crippen molar-refractivity contribution in [1.29, 1.82) is 0 Å². The summed E-state index contributed by atoms with van der Waals surface area (Å²) in [6, 6.07) is 7.67. The van der Waals surface area contributed by atoms with Crippen LogP contribution < -0.4 is 4.72 Å². The van der Waals surface area contributed by atoms with Crippen molar-refractivity contribution in [2.75, 3.05) is 0 Å². The highest BCUT2D eigenvalue weighted by molar-refractivity contribution is 7.89. The summed E-state index contributed by atoms with van der Waals surface area (Å²) in [4.78, 5) is 0. The number of hydrogen-bond donors (Lipinski definition) is 3. The molecule has 0 aliphatic carbocycles. The summed E-state index contributed by atoms with van der Waals surface area (Å²) >= 11 is 0. The number of benzene rings is 1. The molecule has 1 aromatic carbocycles. The van der Waals surface area contributed by atoms with E-state index in [0.717, 1.165) is 17.5 Å². The molecule has 1 heterocycles. The summed E-state index contributed by atoms with van der Waals surface area (Å²) in [5.41, 5.74) is 2.88. The van der Waals surface area contributed by atoms with E-state index in [1.54, 1.807) is 6.92 Å². The zero-order valence-electron chi connectivity index (χ0n) is 12.0. The van der Waals surface area contributed by atoms with Gasteiger partial charge in [0.2, 0.25) is 0 Å². The normalized spacial score (nSPS) is 11.8. The van der Waals surface area contributed by atoms with Crippen molar-refractivity contribution < 1.29 is 13.5 Å². The van der Waals surface area contributed by atoms with Gasteiger partial charge in [-0.3, -0.25) is 5.10 Å². The average Bonchev–Trinajstić information content (AvgIpc) is 2.87. The SMILES string of the molecule is CCc1ccccc1CNS(=O)(=O)c1n[nH]c(C)c1CO. The predicted molar refractivity (Wildman–Crippen MR) is 79.1 cm³/mol. The number of nitrogens with zero attached hydrogens (tertiary/aromatic N) is 1. The minimum absolute atomic E-state index is 0.142. The molecule has 0 saturated carbocycles. The van der Waals surface area contributed by atoms with E-state index in [1.165, 1.54) is 0 Å². The highest BCUT2D eigenvalue weighted by atomic mass is 32.2. The van der Waals surface area contributed by atoms with Gasteiger partial charge in [-0.25, -0.2) is 13.1 Å². The number of sulfonamides is 1. The van der Waals surface area contributed by atoms with Crippen molar-refractivity contribution >= 4 is 10.0 Å². The highest BCUT2D eigenvalue weighted by Crippen LogP contribution is 2.17. The van der Waals surface area contributed by atoms with Crippen LogP contribution in [0.5, 0.6) is 0 Å². The number of rotatable bonds is 6. The summed E-state index contributed by atoms with van der Waals surface area (Å²) in [6.45, 7) is 3.52. The maximum Gasteiger partial charge on any atom is 0.260 e. The smallest absolute Gasteiger partial charge is 0.260 e. The van der Waals surface area contributed by atoms with Crippen molar-refractivity contribution in [3.63, 3.8) is 0 Å². The van der Waals surface area contributed by atoms with Crippen LogP contribution in [0.4, 0.5) is 0 Å². The molecule has 0 bridgehead atoms. The standard InChI is InChI=1S/C14H19N3O3S/c1-3-11-6-4-5-7-12(11)8-15-21(19,20)14-13(9-18)10(2)16-17-14/h4-7,15,18H,3,8-9H2,1-2H3,(H,16,17). The van der Waals surface area contributed by atoms with Gasteiger partial charge in [-0.1, -0.05) is 31.2 Å². The van der Waals surface area contributed by atoms with E-state index in [-0.39, 0.29) is 18.2 Å². The molecule has 0 aliphatic heterocycles. The minimum Gasteiger partial charge on any atom is -0.392 e. The molecule has 6 nitrogen and oxygen atoms in total. The lowest BCUT2D eigenvalue weighted by Gasteiger charge is -2.09. The van der Waals surface area contributed by atoms with E-state index >= 15 is 0 Å². The lowest BCUT2D eigenvalue weighted by atomic mass is 10.1. The van der Waals surface area contributed by atoms with Crippen LogP contribution in [0.15, 0.2) is 29.3 Å². The van der Waals surface area contributed by atoms with Crippen molar-refractivity contribution in [2.24, 2.45) is 0 Å². The molecule has 0 unspecified atom stereocenters. The topological polar surface area (TPSA) is 95.1 Å². The Morgan fingerprint density at radius 1 is 1.29 bits per heavy atom. The van der Waals surface area contributed by atoms with Gasteiger partial charge in [0.05, 0.1) is 6.61 Å². The molecule has 3 N–H and O–H groups in total. The zero-order chi connectivity index (χ0) is 15.5. The van der Waals surface area contributed by atoms with Gasteiger partial charge >= 0.3 is 0 Å². The van der Waals surface area contributed by atoms with Gasteiger partial charge in [0.15, 0.2) is 5.03 Å². The summed E-state index contributed by atoms with van der Waals surface area (Å²) in [7, 11) is -3.76. The van der Waals surface area contributed by atoms with Crippen molar-refractivity contribution in [3.8, 4) is 0 Å². The van der Waals surface area contributed by atoms with E-state index in [2.05, 4.69) is 14.9 Å². The Kier molecular flexibility index (Phi) is 4.76. The van der Waals surface area contributed by atoms with Gasteiger partial charge in [-0.15, -0.1) is 0 Å². The van der Waals surface area contributed by atoms with Gasteiger partial charge < -0.3 is 5.11 Å². The fourth-order valence-electron chi connectivity index (χ4n) is 2.15. The molecule has 114 valence electrons. The van der Waals surface area contributed by atoms with Crippen molar-refractivity contribution in [3.05, 3.63) is 46.6 Å². The molecule has 1 aromatic heterocycles. The fraction of sp³-hybridized carbons (Fsp3) is 0.357. The van der Waals surface area contributed by atoms with Crippen LogP contribution in [0.1, 0.15) is 29.3 Å². The molecule has 0 atom stereocenters. The van der Waals surface area contributed by atoms with Gasteiger partial charge in [-0.2, -0.15) is 5.10 Å². The lowest BCUT2D eigenvalue weighted by Crippen LogP contribution is -2.25. The van der Waals surface area contributed by atoms with Crippen LogP contribution in [0.2, 0.25) is 0 Å². The molecule has 0 saturated heterocycles. The van der Waals surface area contributed by atoms with Crippen LogP contribution in [0.25, 0.3) is 0 Å². The molecule has 2 aromatic rings. The zero-order valence-corrected chi connectivity index (χ0v) is 12.9. The molecule has 0 amide bonds. The summed E-state index contributed by atoms with van der Waals surface area (Å²) in [5, 5.41) is 15.5. The number of H-pyrrole nitrogens is 1. The maximum atomic E-state index is 12.3. The molecular formula is C14H19N3O3S. The van der Waals surface area contributed by atoms with Gasteiger partial charge in [0, 0.05) is 17.8 Å². The molecule has 0 aliphatic rings. The third kappa shape index (κ3) is 3.31. The van der Waals surface area contributed by atoms with Gasteiger partial charge in [0.25, 0.3) is 10.0 Å². The Bertz CT molecular complexity index is 723. The summed E-state index contributed by atoms with van der Waals surface area (Å²) in [5.74, 6) is 0. The van der Waals surface area contributed by atoms with Gasteiger partial charge in [0.1, 0.15) is 0 Å². The molecule has 7 heteroatoms. The van der Waals surface area contributed by atoms with Crippen LogP contribution >= 0.6 is 0 Å². The van der Waals surface area contributed by atoms with Gasteiger partial charge in [-0.05, 0) is 24.5 Å². The quantitative estimate of drug-likeness (QED) is 0.748. The van der Waals surface area contributed by atoms with E-state index in [1.807, 2.05) is 31.2 Å². The number of aryl methyl sites for hydroxylation is 2. The molecule has 0 radical (unpaired) electrons. The van der Waals surface area contributed by atoms with Crippen LogP contribution in [0, 0.1) is 6.92 Å². The predicted octanol–water partition coefficient (Wildman–Crippen LogP) is 1.25. The third-order valence-corrected chi connectivity index (χ3v) is 4.77. The maximum absolute atomic E-state index is 12.3. The average molecular weight is 309 g/mol. The van der Waals surface area contributed by atoms with E-state index in [0.29, 0.717) is 11.3 Å². The third-order valence-electron chi connectivity index (χ3n) is 3.40. The Labute approximate surface area is 124 Å². The Balaban J connectivity index is 2.22. The Hall–Kier alpha value is -1.70. The molecule has 0 fully saturated rings. The van der Waals surface area contributed by atoms with Crippen molar-refractivity contribution in [2.45, 2.75) is 38.4 Å². The number of hydrogen-bond acceptors (Lipinski definition) is 4. The van der Waals surface area contributed by atoms with E-state index in [9.17, 15) is 13.5 Å². The Morgan fingerprint density at radius 2 is 1.95 bits per heavy atom. The molecule has 0 spiro atoms. The first-order valence-electron chi connectivity index (χ1n) is 6.70. The van der Waals surface area contributed by atoms with E-state index < -0.39 is 10.0 Å². The second-order valence-electron chi connectivity index (χ2n) is 4.74. The fourth-order valence-corrected chi connectivity index (χ4v) is 3.34. The first-order chi connectivity index (χ1) is 9.99. The molecular weight excluding hydrogens is 290 g/mol. The number of nitrogens with one attached hydrogen (secondary N) is 2. The monoisotopic (exact) mass is 309 g/mol. The minimum atomic E-state index is -3.76. The Morgan fingerprint density at radius 3 is 2.57 bits per heavy atom. The molecule has 2 rings (SSSR count). The summed E-state index contributed by atoms with van der Waals surface area (Å²) in [6.07, 6.45) is 0.835. The van der Waals surface area contributed by atoms with Crippen LogP contribution in [0.3, 0.4) is 0 Å². The van der Waals surface area contributed by atoms with Crippen LogP contribution in [-0.4, -0.2) is 23.7 Å². The number of aliphatic hydroxyl groups excluding tert-OH is 1. The molecule has 21 heavy (non-hydrogen) atoms. The first kappa shape index (κ1) is 15.7. The summed E-state index contributed by atoms with van der Waals surface area (Å²) < 4.78 is 27.1. The number of aliphatic hydroxyl groups is 1. The van der Waals surface area contributed by atoms with Crippen molar-refractivity contribution in [1.82, 2.24) is 14.9 Å².